The molecule has 2 amide bonds. The van der Waals surface area contributed by atoms with Gasteiger partial charge < -0.3 is 10.6 Å². The lowest BCUT2D eigenvalue weighted by molar-refractivity contribution is -0.117. The molecule has 0 aliphatic carbocycles. The van der Waals surface area contributed by atoms with E-state index in [-0.39, 0.29) is 18.4 Å². The van der Waals surface area contributed by atoms with E-state index in [0.29, 0.717) is 30.3 Å². The van der Waals surface area contributed by atoms with Crippen LogP contribution in [0.5, 0.6) is 0 Å². The number of carbonyl (C=O) groups is 2. The highest BCUT2D eigenvalue weighted by atomic mass is 16.2. The molecule has 2 aromatic carbocycles. The van der Waals surface area contributed by atoms with Gasteiger partial charge in [0.25, 0.3) is 5.91 Å². The maximum atomic E-state index is 12.6. The fourth-order valence-electron chi connectivity index (χ4n) is 2.92. The van der Waals surface area contributed by atoms with Gasteiger partial charge in [-0.15, -0.1) is 6.58 Å². The summed E-state index contributed by atoms with van der Waals surface area (Å²) in [7, 11) is 0. The molecule has 5 heteroatoms. The summed E-state index contributed by atoms with van der Waals surface area (Å²) in [5.74, 6) is 0.0309. The molecule has 0 unspecified atom stereocenters. The molecule has 0 heterocycles. The fraction of sp³-hybridized carbons (Fsp3) is 0.333. The Labute approximate surface area is 173 Å². The van der Waals surface area contributed by atoms with Crippen LogP contribution in [-0.2, 0) is 11.2 Å². The molecule has 0 saturated carbocycles. The van der Waals surface area contributed by atoms with E-state index in [1.165, 1.54) is 5.56 Å². The monoisotopic (exact) mass is 393 g/mol. The minimum Gasteiger partial charge on any atom is -0.352 e. The van der Waals surface area contributed by atoms with Crippen molar-refractivity contribution in [2.24, 2.45) is 5.92 Å². The lowest BCUT2D eigenvalue weighted by Gasteiger charge is -2.20. The van der Waals surface area contributed by atoms with E-state index in [0.717, 1.165) is 13.0 Å². The second kappa shape index (κ2) is 11.8. The molecule has 2 aromatic rings. The van der Waals surface area contributed by atoms with Crippen LogP contribution >= 0.6 is 0 Å². The summed E-state index contributed by atoms with van der Waals surface area (Å²) in [6.45, 7) is 10.1. The van der Waals surface area contributed by atoms with Gasteiger partial charge in [0.05, 0.1) is 17.8 Å². The molecule has 2 rings (SSSR count). The summed E-state index contributed by atoms with van der Waals surface area (Å²) in [5, 5.41) is 5.79. The van der Waals surface area contributed by atoms with Crippen molar-refractivity contribution in [3.8, 4) is 0 Å². The average Bonchev–Trinajstić information content (AvgIpc) is 2.71. The Hall–Kier alpha value is -2.92. The number of nitrogens with one attached hydrogen (secondary N) is 2. The highest BCUT2D eigenvalue weighted by Crippen LogP contribution is 2.15. The van der Waals surface area contributed by atoms with E-state index in [2.05, 4.69) is 29.3 Å². The van der Waals surface area contributed by atoms with Crippen LogP contribution in [-0.4, -0.2) is 42.9 Å². The number of nitrogens with zero attached hydrogens (tertiary/aromatic N) is 1. The molecule has 0 atom stereocenters. The number of benzene rings is 2. The van der Waals surface area contributed by atoms with Crippen LogP contribution in [0.25, 0.3) is 0 Å². The quantitative estimate of drug-likeness (QED) is 0.572. The van der Waals surface area contributed by atoms with Crippen molar-refractivity contribution in [3.63, 3.8) is 0 Å². The number of rotatable bonds is 11. The molecule has 0 radical (unpaired) electrons. The van der Waals surface area contributed by atoms with Crippen LogP contribution in [0.2, 0.25) is 0 Å². The number of amides is 2. The molecule has 0 spiro atoms. The van der Waals surface area contributed by atoms with Gasteiger partial charge in [0.2, 0.25) is 5.91 Å². The molecule has 0 aliphatic rings. The summed E-state index contributed by atoms with van der Waals surface area (Å²) in [6.07, 6.45) is 2.65. The first-order valence-electron chi connectivity index (χ1n) is 10.0. The minimum atomic E-state index is -0.179. The number of carbonyl (C=O) groups excluding carboxylic acids is 2. The van der Waals surface area contributed by atoms with Gasteiger partial charge in [0, 0.05) is 19.6 Å². The predicted octanol–water partition coefficient (Wildman–Crippen LogP) is 3.74. The average molecular weight is 394 g/mol. The Balaban J connectivity index is 1.97. The zero-order valence-electron chi connectivity index (χ0n) is 17.4. The van der Waals surface area contributed by atoms with Crippen LogP contribution in [0, 0.1) is 5.92 Å². The van der Waals surface area contributed by atoms with Crippen LogP contribution in [0.3, 0.4) is 0 Å². The standard InChI is InChI=1S/C24H31N3O2/c1-4-15-27(16-14-20-10-6-5-7-11-20)18-23(28)26-22-13-9-8-12-21(22)24(29)25-17-19(2)3/h4-13,19H,1,14-18H2,2-3H3,(H,25,29)(H,26,28). The Morgan fingerprint density at radius 1 is 1.07 bits per heavy atom. The molecular formula is C24H31N3O2. The smallest absolute Gasteiger partial charge is 0.253 e. The molecule has 29 heavy (non-hydrogen) atoms. The number of para-hydroxylation sites is 1. The Morgan fingerprint density at radius 3 is 2.45 bits per heavy atom. The summed E-state index contributed by atoms with van der Waals surface area (Å²) < 4.78 is 0. The van der Waals surface area contributed by atoms with Gasteiger partial charge in [-0.05, 0) is 30.0 Å². The number of anilines is 1. The van der Waals surface area contributed by atoms with E-state index in [1.807, 2.05) is 43.0 Å². The topological polar surface area (TPSA) is 61.4 Å². The van der Waals surface area contributed by atoms with Crippen molar-refractivity contribution in [1.29, 1.82) is 0 Å². The first kappa shape index (κ1) is 22.4. The molecule has 0 aromatic heterocycles. The molecule has 0 saturated heterocycles. The first-order chi connectivity index (χ1) is 14.0. The zero-order valence-corrected chi connectivity index (χ0v) is 17.4. The van der Waals surface area contributed by atoms with E-state index in [9.17, 15) is 9.59 Å². The minimum absolute atomic E-state index is 0.149. The van der Waals surface area contributed by atoms with Gasteiger partial charge >= 0.3 is 0 Å². The van der Waals surface area contributed by atoms with E-state index in [1.54, 1.807) is 24.3 Å². The lowest BCUT2D eigenvalue weighted by Crippen LogP contribution is -2.35. The Morgan fingerprint density at radius 2 is 1.76 bits per heavy atom. The molecule has 0 fully saturated rings. The molecular weight excluding hydrogens is 362 g/mol. The van der Waals surface area contributed by atoms with Crippen molar-refractivity contribution < 1.29 is 9.59 Å². The first-order valence-corrected chi connectivity index (χ1v) is 10.0. The molecule has 0 aliphatic heterocycles. The number of hydrogen-bond acceptors (Lipinski definition) is 3. The highest BCUT2D eigenvalue weighted by Gasteiger charge is 2.15. The normalized spacial score (nSPS) is 10.8. The van der Waals surface area contributed by atoms with Gasteiger partial charge in [0.1, 0.15) is 0 Å². The third kappa shape index (κ3) is 7.92. The van der Waals surface area contributed by atoms with Gasteiger partial charge in [-0.2, -0.15) is 0 Å². The predicted molar refractivity (Wildman–Crippen MR) is 119 cm³/mol. The zero-order chi connectivity index (χ0) is 21.1. The third-order valence-electron chi connectivity index (χ3n) is 4.43. The summed E-state index contributed by atoms with van der Waals surface area (Å²) >= 11 is 0. The van der Waals surface area contributed by atoms with Crippen molar-refractivity contribution in [1.82, 2.24) is 10.2 Å². The van der Waals surface area contributed by atoms with Crippen LogP contribution < -0.4 is 10.6 Å². The van der Waals surface area contributed by atoms with Gasteiger partial charge in [0.15, 0.2) is 0 Å². The SMILES string of the molecule is C=CCN(CCc1ccccc1)CC(=O)Nc1ccccc1C(=O)NCC(C)C. The van der Waals surface area contributed by atoms with Gasteiger partial charge in [-0.1, -0.05) is 62.4 Å². The Bertz CT molecular complexity index is 803. The summed E-state index contributed by atoms with van der Waals surface area (Å²) in [6, 6.07) is 17.3. The van der Waals surface area contributed by atoms with Crippen LogP contribution in [0.1, 0.15) is 29.8 Å². The maximum Gasteiger partial charge on any atom is 0.253 e. The lowest BCUT2D eigenvalue weighted by atomic mass is 10.1. The maximum absolute atomic E-state index is 12.6. The summed E-state index contributed by atoms with van der Waals surface area (Å²) in [4.78, 5) is 27.1. The second-order valence-corrected chi connectivity index (χ2v) is 7.46. The molecule has 2 N–H and O–H groups in total. The third-order valence-corrected chi connectivity index (χ3v) is 4.43. The largest absolute Gasteiger partial charge is 0.352 e. The molecule has 0 bridgehead atoms. The molecule has 154 valence electrons. The number of hydrogen-bond donors (Lipinski definition) is 2. The van der Waals surface area contributed by atoms with E-state index < -0.39 is 0 Å². The van der Waals surface area contributed by atoms with Crippen molar-refractivity contribution in [2.75, 3.05) is 31.5 Å². The van der Waals surface area contributed by atoms with Crippen molar-refractivity contribution in [2.45, 2.75) is 20.3 Å². The summed E-state index contributed by atoms with van der Waals surface area (Å²) in [5.41, 5.74) is 2.23. The van der Waals surface area contributed by atoms with Crippen molar-refractivity contribution in [3.05, 3.63) is 78.4 Å². The molecule has 5 nitrogen and oxygen atoms in total. The fourth-order valence-corrected chi connectivity index (χ4v) is 2.92. The van der Waals surface area contributed by atoms with Crippen molar-refractivity contribution >= 4 is 17.5 Å². The van der Waals surface area contributed by atoms with Gasteiger partial charge in [-0.3, -0.25) is 14.5 Å². The highest BCUT2D eigenvalue weighted by molar-refractivity contribution is 6.04. The van der Waals surface area contributed by atoms with Gasteiger partial charge in [-0.25, -0.2) is 0 Å². The van der Waals surface area contributed by atoms with Crippen LogP contribution in [0.4, 0.5) is 5.69 Å². The van der Waals surface area contributed by atoms with Crippen LogP contribution in [0.15, 0.2) is 67.3 Å². The second-order valence-electron chi connectivity index (χ2n) is 7.46. The Kier molecular flexibility index (Phi) is 9.12. The van der Waals surface area contributed by atoms with E-state index >= 15 is 0 Å². The van der Waals surface area contributed by atoms with E-state index in [4.69, 9.17) is 0 Å².